The summed E-state index contributed by atoms with van der Waals surface area (Å²) in [7, 11) is 1.61. The number of amides is 1. The van der Waals surface area contributed by atoms with Crippen LogP contribution in [0.1, 0.15) is 18.4 Å². The number of rotatable bonds is 3. The second kappa shape index (κ2) is 7.20. The molecule has 1 amide bonds. The molecule has 146 valence electrons. The van der Waals surface area contributed by atoms with E-state index in [2.05, 4.69) is 5.32 Å². The quantitative estimate of drug-likeness (QED) is 0.816. The van der Waals surface area contributed by atoms with Gasteiger partial charge < -0.3 is 15.3 Å². The first-order valence-corrected chi connectivity index (χ1v) is 9.42. The second-order valence-corrected chi connectivity index (χ2v) is 7.48. The highest BCUT2D eigenvalue weighted by Crippen LogP contribution is 2.39. The summed E-state index contributed by atoms with van der Waals surface area (Å²) in [5, 5.41) is 16.0. The molecular weight excluding hydrogens is 383 g/mol. The molecule has 0 unspecified atom stereocenters. The lowest BCUT2D eigenvalue weighted by atomic mass is 9.86. The van der Waals surface area contributed by atoms with Gasteiger partial charge in [-0.15, -0.1) is 0 Å². The van der Waals surface area contributed by atoms with Crippen LogP contribution < -0.4 is 5.32 Å². The molecule has 1 spiro atoms. The topological polar surface area (TPSA) is 61.8 Å². The summed E-state index contributed by atoms with van der Waals surface area (Å²) in [5.41, 5.74) is 1.51. The van der Waals surface area contributed by atoms with Gasteiger partial charge in [-0.2, -0.15) is 5.06 Å². The third kappa shape index (κ3) is 3.17. The van der Waals surface area contributed by atoms with E-state index in [1.54, 1.807) is 36.4 Å². The summed E-state index contributed by atoms with van der Waals surface area (Å²) < 4.78 is 13.4. The maximum atomic E-state index is 13.4. The minimum atomic E-state index is -0.759. The van der Waals surface area contributed by atoms with E-state index in [9.17, 15) is 14.3 Å². The van der Waals surface area contributed by atoms with Crippen molar-refractivity contribution in [1.29, 1.82) is 0 Å². The van der Waals surface area contributed by atoms with E-state index in [1.165, 1.54) is 12.1 Å². The smallest absolute Gasteiger partial charge is 0.256 e. The fraction of sp³-hybridized carbons (Fsp3) is 0.286. The summed E-state index contributed by atoms with van der Waals surface area (Å²) in [4.78, 5) is 18.0. The molecule has 2 aliphatic rings. The Morgan fingerprint density at radius 2 is 1.89 bits per heavy atom. The lowest BCUT2D eigenvalue weighted by Gasteiger charge is -2.37. The summed E-state index contributed by atoms with van der Waals surface area (Å²) in [5.74, 6) is -0.647. The molecule has 0 aliphatic carbocycles. The maximum absolute atomic E-state index is 13.4. The van der Waals surface area contributed by atoms with E-state index in [0.717, 1.165) is 5.56 Å². The van der Waals surface area contributed by atoms with Gasteiger partial charge in [-0.3, -0.25) is 4.79 Å². The van der Waals surface area contributed by atoms with E-state index < -0.39 is 11.4 Å². The minimum absolute atomic E-state index is 0.0654. The van der Waals surface area contributed by atoms with Crippen LogP contribution >= 0.6 is 11.6 Å². The lowest BCUT2D eigenvalue weighted by molar-refractivity contribution is -0.152. The predicted octanol–water partition coefficient (Wildman–Crippen LogP) is 3.94. The number of halogens is 2. The number of carbonyl (C=O) groups is 1. The Morgan fingerprint density at radius 1 is 1.18 bits per heavy atom. The van der Waals surface area contributed by atoms with Gasteiger partial charge in [-0.25, -0.2) is 4.39 Å². The third-order valence-electron chi connectivity index (χ3n) is 5.50. The van der Waals surface area contributed by atoms with Crippen molar-refractivity contribution in [3.8, 4) is 11.1 Å². The molecule has 2 aliphatic heterocycles. The highest BCUT2D eigenvalue weighted by Gasteiger charge is 2.47. The predicted molar refractivity (Wildman–Crippen MR) is 105 cm³/mol. The van der Waals surface area contributed by atoms with Crippen LogP contribution in [-0.2, 0) is 9.63 Å². The Morgan fingerprint density at radius 3 is 2.57 bits per heavy atom. The number of aliphatic hydroxyl groups is 1. The Kier molecular flexibility index (Phi) is 4.87. The monoisotopic (exact) mass is 402 g/mol. The number of benzene rings is 2. The van der Waals surface area contributed by atoms with Crippen molar-refractivity contribution in [3.63, 3.8) is 0 Å². The number of carbonyl (C=O) groups excluding carboxylic acids is 1. The molecule has 28 heavy (non-hydrogen) atoms. The Hall–Kier alpha value is -2.41. The summed E-state index contributed by atoms with van der Waals surface area (Å²) >= 11 is 6.18. The van der Waals surface area contributed by atoms with Gasteiger partial charge in [0.25, 0.3) is 5.91 Å². The third-order valence-corrected chi connectivity index (χ3v) is 5.81. The fourth-order valence-corrected chi connectivity index (χ4v) is 4.21. The first kappa shape index (κ1) is 18.9. The van der Waals surface area contributed by atoms with E-state index in [-0.39, 0.29) is 22.3 Å². The van der Waals surface area contributed by atoms with Crippen LogP contribution in [0.3, 0.4) is 0 Å². The van der Waals surface area contributed by atoms with Gasteiger partial charge in [-0.1, -0.05) is 29.8 Å². The number of hydroxylamine groups is 2. The zero-order valence-corrected chi connectivity index (χ0v) is 16.1. The second-order valence-electron chi connectivity index (χ2n) is 7.08. The van der Waals surface area contributed by atoms with E-state index in [0.29, 0.717) is 37.1 Å². The standard InChI is InChI=1S/C21H20ClFN2O3/c1-28-25-9-7-21(8-10-25)19(26)18(20(27)24-21)14-4-2-3-13(11-14)16-6-5-15(23)12-17(16)22/h2-6,11-12,26H,7-10H2,1H3,(H,24,27). The van der Waals surface area contributed by atoms with E-state index in [1.807, 2.05) is 6.07 Å². The van der Waals surface area contributed by atoms with Crippen molar-refractivity contribution in [2.24, 2.45) is 0 Å². The first-order chi connectivity index (χ1) is 13.4. The molecule has 2 aromatic carbocycles. The summed E-state index contributed by atoms with van der Waals surface area (Å²) in [6.07, 6.45) is 1.12. The lowest BCUT2D eigenvalue weighted by Crippen LogP contribution is -2.52. The van der Waals surface area contributed by atoms with Crippen molar-refractivity contribution in [3.05, 3.63) is 64.6 Å². The highest BCUT2D eigenvalue weighted by atomic mass is 35.5. The fourth-order valence-electron chi connectivity index (χ4n) is 3.93. The molecule has 7 heteroatoms. The first-order valence-electron chi connectivity index (χ1n) is 9.05. The van der Waals surface area contributed by atoms with Crippen LogP contribution in [0.4, 0.5) is 4.39 Å². The molecule has 1 fully saturated rings. The van der Waals surface area contributed by atoms with Crippen molar-refractivity contribution < 1.29 is 19.1 Å². The summed E-state index contributed by atoms with van der Waals surface area (Å²) in [6.45, 7) is 1.22. The number of hydrogen-bond acceptors (Lipinski definition) is 4. The minimum Gasteiger partial charge on any atom is -0.509 e. The molecule has 0 atom stereocenters. The zero-order chi connectivity index (χ0) is 19.9. The van der Waals surface area contributed by atoms with Gasteiger partial charge in [0, 0.05) is 18.7 Å². The molecule has 4 rings (SSSR count). The Bertz CT molecular complexity index is 968. The van der Waals surface area contributed by atoms with E-state index >= 15 is 0 Å². The van der Waals surface area contributed by atoms with Crippen molar-refractivity contribution in [2.45, 2.75) is 18.4 Å². The van der Waals surface area contributed by atoms with Crippen molar-refractivity contribution in [1.82, 2.24) is 10.4 Å². The van der Waals surface area contributed by atoms with Crippen LogP contribution in [0.15, 0.2) is 48.2 Å². The van der Waals surface area contributed by atoms with Gasteiger partial charge in [0.1, 0.15) is 17.1 Å². The Labute approximate surface area is 167 Å². The molecule has 0 radical (unpaired) electrons. The van der Waals surface area contributed by atoms with Gasteiger partial charge >= 0.3 is 0 Å². The van der Waals surface area contributed by atoms with Crippen LogP contribution in [0.25, 0.3) is 16.7 Å². The van der Waals surface area contributed by atoms with Crippen LogP contribution in [0.5, 0.6) is 0 Å². The number of piperidine rings is 1. The number of hydrogen-bond donors (Lipinski definition) is 2. The molecule has 2 aromatic rings. The molecule has 2 N–H and O–H groups in total. The molecule has 2 heterocycles. The van der Waals surface area contributed by atoms with Gasteiger partial charge in [0.05, 0.1) is 17.7 Å². The normalized spacial score (nSPS) is 19.3. The SMILES string of the molecule is CON1CCC2(CC1)NC(=O)C(c1cccc(-c3ccc(F)cc3Cl)c1)=C2O. The van der Waals surface area contributed by atoms with Gasteiger partial charge in [0.2, 0.25) is 0 Å². The zero-order valence-electron chi connectivity index (χ0n) is 15.3. The van der Waals surface area contributed by atoms with Crippen LogP contribution in [0, 0.1) is 5.82 Å². The Balaban J connectivity index is 1.72. The number of nitrogens with one attached hydrogen (secondary N) is 1. The molecule has 0 bridgehead atoms. The average Bonchev–Trinajstić information content (AvgIpc) is 2.92. The maximum Gasteiger partial charge on any atom is 0.256 e. The molecule has 0 aromatic heterocycles. The number of nitrogens with zero attached hydrogens (tertiary/aromatic N) is 1. The highest BCUT2D eigenvalue weighted by molar-refractivity contribution is 6.33. The molecular formula is C21H20ClFN2O3. The van der Waals surface area contributed by atoms with Crippen molar-refractivity contribution >= 4 is 23.1 Å². The largest absolute Gasteiger partial charge is 0.509 e. The molecule has 5 nitrogen and oxygen atoms in total. The summed E-state index contributed by atoms with van der Waals surface area (Å²) in [6, 6.07) is 11.4. The molecule has 1 saturated heterocycles. The molecule has 0 saturated carbocycles. The van der Waals surface area contributed by atoms with Crippen LogP contribution in [-0.4, -0.2) is 41.8 Å². The van der Waals surface area contributed by atoms with Crippen LogP contribution in [0.2, 0.25) is 5.02 Å². The number of aliphatic hydroxyl groups excluding tert-OH is 1. The van der Waals surface area contributed by atoms with Crippen molar-refractivity contribution in [2.75, 3.05) is 20.2 Å². The van der Waals surface area contributed by atoms with E-state index in [4.69, 9.17) is 16.4 Å². The van der Waals surface area contributed by atoms with Gasteiger partial charge in [-0.05, 0) is 48.2 Å². The van der Waals surface area contributed by atoms with Gasteiger partial charge in [0.15, 0.2) is 0 Å². The average molecular weight is 403 g/mol.